The van der Waals surface area contributed by atoms with Gasteiger partial charge in [0.05, 0.1) is 7.11 Å². The normalized spacial score (nSPS) is 13.1. The van der Waals surface area contributed by atoms with Crippen LogP contribution in [0.4, 0.5) is 13.2 Å². The Morgan fingerprint density at radius 1 is 1.37 bits per heavy atom. The summed E-state index contributed by atoms with van der Waals surface area (Å²) in [5.74, 6) is -0.474. The van der Waals surface area contributed by atoms with Gasteiger partial charge in [0, 0.05) is 4.90 Å². The summed E-state index contributed by atoms with van der Waals surface area (Å²) < 4.78 is 41.2. The maximum absolute atomic E-state index is 12.2. The molecule has 1 aromatic carbocycles. The number of carbonyl (C=O) groups is 1. The first-order chi connectivity index (χ1) is 8.87. The maximum atomic E-state index is 12.2. The van der Waals surface area contributed by atoms with Gasteiger partial charge in [0.25, 0.3) is 0 Å². The number of rotatable bonds is 5. The summed E-state index contributed by atoms with van der Waals surface area (Å²) in [6.45, 7) is 2.36. The third kappa shape index (κ3) is 5.12. The van der Waals surface area contributed by atoms with Crippen LogP contribution < -0.4 is 5.32 Å². The average Bonchev–Trinajstić information content (AvgIpc) is 2.34. The van der Waals surface area contributed by atoms with Gasteiger partial charge >= 0.3 is 11.5 Å². The molecule has 0 spiro atoms. The standard InChI is InChI=1S/C12H14F3NO2S/c1-3-16-10(11(17)18-2)8-4-6-9(7-5-8)19-12(13,14)15/h4-7,10,16H,3H2,1-2H3. The van der Waals surface area contributed by atoms with E-state index in [9.17, 15) is 18.0 Å². The number of likely N-dealkylation sites (N-methyl/N-ethyl adjacent to an activating group) is 1. The number of ether oxygens (including phenoxy) is 1. The van der Waals surface area contributed by atoms with Crippen LogP contribution in [0.2, 0.25) is 0 Å². The van der Waals surface area contributed by atoms with E-state index in [2.05, 4.69) is 10.1 Å². The van der Waals surface area contributed by atoms with Gasteiger partial charge in [-0.15, -0.1) is 0 Å². The summed E-state index contributed by atoms with van der Waals surface area (Å²) >= 11 is -0.188. The first-order valence-corrected chi connectivity index (χ1v) is 6.36. The molecule has 0 bridgehead atoms. The van der Waals surface area contributed by atoms with E-state index in [1.165, 1.54) is 31.4 Å². The number of thioether (sulfide) groups is 1. The third-order valence-electron chi connectivity index (χ3n) is 2.29. The molecule has 0 aliphatic rings. The summed E-state index contributed by atoms with van der Waals surface area (Å²) in [5.41, 5.74) is -3.74. The Balaban J connectivity index is 2.86. The molecule has 19 heavy (non-hydrogen) atoms. The average molecular weight is 293 g/mol. The van der Waals surface area contributed by atoms with Crippen molar-refractivity contribution in [2.45, 2.75) is 23.4 Å². The van der Waals surface area contributed by atoms with Crippen molar-refractivity contribution >= 4 is 17.7 Å². The second-order valence-corrected chi connectivity index (χ2v) is 4.77. The Morgan fingerprint density at radius 3 is 2.37 bits per heavy atom. The van der Waals surface area contributed by atoms with E-state index in [0.29, 0.717) is 12.1 Å². The molecule has 1 aromatic rings. The van der Waals surface area contributed by atoms with Gasteiger partial charge in [0.1, 0.15) is 6.04 Å². The van der Waals surface area contributed by atoms with Crippen LogP contribution in [0.1, 0.15) is 18.5 Å². The van der Waals surface area contributed by atoms with Gasteiger partial charge in [-0.3, -0.25) is 0 Å². The van der Waals surface area contributed by atoms with Gasteiger partial charge in [-0.2, -0.15) is 13.2 Å². The fraction of sp³-hybridized carbons (Fsp3) is 0.417. The van der Waals surface area contributed by atoms with E-state index in [1.807, 2.05) is 6.92 Å². The van der Waals surface area contributed by atoms with Crippen LogP contribution in [0.25, 0.3) is 0 Å². The molecule has 1 atom stereocenters. The molecule has 0 aliphatic carbocycles. The van der Waals surface area contributed by atoms with E-state index in [-0.39, 0.29) is 16.7 Å². The van der Waals surface area contributed by atoms with Crippen molar-refractivity contribution in [3.05, 3.63) is 29.8 Å². The number of hydrogen-bond donors (Lipinski definition) is 1. The zero-order valence-electron chi connectivity index (χ0n) is 10.5. The molecule has 1 N–H and O–H groups in total. The SMILES string of the molecule is CCNC(C(=O)OC)c1ccc(SC(F)(F)F)cc1. The van der Waals surface area contributed by atoms with Crippen molar-refractivity contribution < 1.29 is 22.7 Å². The van der Waals surface area contributed by atoms with E-state index >= 15 is 0 Å². The van der Waals surface area contributed by atoms with Crippen LogP contribution in [-0.2, 0) is 9.53 Å². The first-order valence-electron chi connectivity index (χ1n) is 5.54. The summed E-state index contributed by atoms with van der Waals surface area (Å²) in [7, 11) is 1.26. The Kier molecular flexibility index (Phi) is 5.68. The maximum Gasteiger partial charge on any atom is 0.446 e. The molecule has 7 heteroatoms. The number of halogens is 3. The largest absolute Gasteiger partial charge is 0.468 e. The van der Waals surface area contributed by atoms with Crippen molar-refractivity contribution in [2.24, 2.45) is 0 Å². The zero-order chi connectivity index (χ0) is 14.5. The molecule has 1 rings (SSSR count). The van der Waals surface area contributed by atoms with Crippen molar-refractivity contribution in [3.63, 3.8) is 0 Å². The quantitative estimate of drug-likeness (QED) is 0.668. The lowest BCUT2D eigenvalue weighted by Gasteiger charge is -2.16. The molecule has 106 valence electrons. The van der Waals surface area contributed by atoms with E-state index in [1.54, 1.807) is 0 Å². The predicted octanol–water partition coefficient (Wildman–Crippen LogP) is 3.12. The van der Waals surface area contributed by atoms with Crippen LogP contribution in [0.3, 0.4) is 0 Å². The van der Waals surface area contributed by atoms with E-state index < -0.39 is 17.5 Å². The number of benzene rings is 1. The van der Waals surface area contributed by atoms with Gasteiger partial charge in [-0.1, -0.05) is 19.1 Å². The molecule has 0 radical (unpaired) electrons. The highest BCUT2D eigenvalue weighted by atomic mass is 32.2. The van der Waals surface area contributed by atoms with Gasteiger partial charge < -0.3 is 10.1 Å². The molecule has 0 aliphatic heterocycles. The molecule has 0 saturated carbocycles. The third-order valence-corrected chi connectivity index (χ3v) is 3.03. The van der Waals surface area contributed by atoms with Crippen molar-refractivity contribution in [1.29, 1.82) is 0 Å². The van der Waals surface area contributed by atoms with Crippen molar-refractivity contribution in [3.8, 4) is 0 Å². The van der Waals surface area contributed by atoms with E-state index in [0.717, 1.165) is 0 Å². The minimum atomic E-state index is -4.31. The summed E-state index contributed by atoms with van der Waals surface area (Å²) in [4.78, 5) is 11.6. The monoisotopic (exact) mass is 293 g/mol. The number of esters is 1. The van der Waals surface area contributed by atoms with Gasteiger partial charge in [-0.25, -0.2) is 4.79 Å². The highest BCUT2D eigenvalue weighted by molar-refractivity contribution is 8.00. The smallest absolute Gasteiger partial charge is 0.446 e. The minimum absolute atomic E-state index is 0.0800. The second kappa shape index (κ2) is 6.81. The molecule has 1 unspecified atom stereocenters. The highest BCUT2D eigenvalue weighted by Gasteiger charge is 2.29. The Morgan fingerprint density at radius 2 is 1.95 bits per heavy atom. The molecule has 0 saturated heterocycles. The lowest BCUT2D eigenvalue weighted by Crippen LogP contribution is -2.29. The molecule has 0 heterocycles. The van der Waals surface area contributed by atoms with Crippen LogP contribution in [0.5, 0.6) is 0 Å². The van der Waals surface area contributed by atoms with Gasteiger partial charge in [0.2, 0.25) is 0 Å². The predicted molar refractivity (Wildman–Crippen MR) is 66.8 cm³/mol. The zero-order valence-corrected chi connectivity index (χ0v) is 11.3. The molecule has 0 amide bonds. The summed E-state index contributed by atoms with van der Waals surface area (Å²) in [6.07, 6.45) is 0. The van der Waals surface area contributed by atoms with Crippen LogP contribution >= 0.6 is 11.8 Å². The fourth-order valence-corrected chi connectivity index (χ4v) is 2.06. The van der Waals surface area contributed by atoms with Gasteiger partial charge in [0.15, 0.2) is 0 Å². The fourth-order valence-electron chi connectivity index (χ4n) is 1.52. The van der Waals surface area contributed by atoms with Crippen LogP contribution in [0, 0.1) is 0 Å². The van der Waals surface area contributed by atoms with E-state index in [4.69, 9.17) is 0 Å². The number of nitrogens with one attached hydrogen (secondary N) is 1. The molecule has 0 fully saturated rings. The first kappa shape index (κ1) is 15.8. The van der Waals surface area contributed by atoms with Crippen molar-refractivity contribution in [2.75, 3.05) is 13.7 Å². The topological polar surface area (TPSA) is 38.3 Å². The summed E-state index contributed by atoms with van der Waals surface area (Å²) in [6, 6.07) is 4.97. The molecular formula is C12H14F3NO2S. The number of carbonyl (C=O) groups excluding carboxylic acids is 1. The number of methoxy groups -OCH3 is 1. The van der Waals surface area contributed by atoms with Gasteiger partial charge in [-0.05, 0) is 36.0 Å². The number of hydrogen-bond acceptors (Lipinski definition) is 4. The molecule has 0 aromatic heterocycles. The molecule has 3 nitrogen and oxygen atoms in total. The summed E-state index contributed by atoms with van der Waals surface area (Å²) in [5, 5.41) is 2.91. The Labute approximate surface area is 113 Å². The van der Waals surface area contributed by atoms with Crippen LogP contribution in [0.15, 0.2) is 29.2 Å². The Bertz CT molecular complexity index is 420. The minimum Gasteiger partial charge on any atom is -0.468 e. The lowest BCUT2D eigenvalue weighted by atomic mass is 10.1. The Hall–Kier alpha value is -1.21. The van der Waals surface area contributed by atoms with Crippen LogP contribution in [-0.4, -0.2) is 25.1 Å². The molecular weight excluding hydrogens is 279 g/mol. The lowest BCUT2D eigenvalue weighted by molar-refractivity contribution is -0.143. The number of alkyl halides is 3. The van der Waals surface area contributed by atoms with Crippen molar-refractivity contribution in [1.82, 2.24) is 5.32 Å². The highest BCUT2D eigenvalue weighted by Crippen LogP contribution is 2.37. The second-order valence-electron chi connectivity index (χ2n) is 3.63.